The van der Waals surface area contributed by atoms with Crippen LogP contribution in [0, 0.1) is 10.1 Å². The van der Waals surface area contributed by atoms with Crippen LogP contribution in [-0.2, 0) is 13.7 Å². The first kappa shape index (κ1) is 15.1. The van der Waals surface area contributed by atoms with E-state index in [2.05, 4.69) is 29.4 Å². The number of ether oxygens (including phenoxy) is 1. The van der Waals surface area contributed by atoms with E-state index in [1.807, 2.05) is 18.2 Å². The average Bonchev–Trinajstić information content (AvgIpc) is 2.95. The number of benzene rings is 3. The first-order valence-corrected chi connectivity index (χ1v) is 7.83. The molecule has 0 aliphatic carbocycles. The van der Waals surface area contributed by atoms with Crippen molar-refractivity contribution in [1.29, 1.82) is 0 Å². The lowest BCUT2D eigenvalue weighted by atomic mass is 10.1. The Morgan fingerprint density at radius 2 is 1.88 bits per heavy atom. The van der Waals surface area contributed by atoms with Crippen molar-refractivity contribution in [1.82, 2.24) is 9.78 Å². The van der Waals surface area contributed by atoms with Crippen LogP contribution >= 0.6 is 0 Å². The fraction of sp³-hybridized carbons (Fsp3) is 0.105. The van der Waals surface area contributed by atoms with Gasteiger partial charge in [0.2, 0.25) is 5.88 Å². The number of aromatic nitrogens is 2. The average molecular weight is 333 g/mol. The van der Waals surface area contributed by atoms with Gasteiger partial charge in [0.15, 0.2) is 0 Å². The Labute approximate surface area is 143 Å². The third-order valence-corrected chi connectivity index (χ3v) is 4.20. The minimum Gasteiger partial charge on any atom is -0.471 e. The highest BCUT2D eigenvalue weighted by molar-refractivity contribution is 5.86. The third kappa shape index (κ3) is 2.78. The summed E-state index contributed by atoms with van der Waals surface area (Å²) in [7, 11) is 1.79. The summed E-state index contributed by atoms with van der Waals surface area (Å²) >= 11 is 0. The zero-order chi connectivity index (χ0) is 17.4. The predicted octanol–water partition coefficient (Wildman–Crippen LogP) is 4.21. The highest BCUT2D eigenvalue weighted by atomic mass is 16.6. The van der Waals surface area contributed by atoms with E-state index in [4.69, 9.17) is 4.74 Å². The van der Waals surface area contributed by atoms with Crippen LogP contribution in [0.1, 0.15) is 5.56 Å². The smallest absolute Gasteiger partial charge is 0.270 e. The van der Waals surface area contributed by atoms with Gasteiger partial charge in [-0.1, -0.05) is 36.4 Å². The van der Waals surface area contributed by atoms with E-state index < -0.39 is 4.92 Å². The molecule has 0 aliphatic heterocycles. The summed E-state index contributed by atoms with van der Waals surface area (Å²) in [5.74, 6) is 0.398. The number of aryl methyl sites for hydroxylation is 1. The number of rotatable bonds is 4. The molecule has 0 spiro atoms. The van der Waals surface area contributed by atoms with Crippen LogP contribution < -0.4 is 4.74 Å². The van der Waals surface area contributed by atoms with Gasteiger partial charge >= 0.3 is 0 Å². The molecule has 1 aromatic heterocycles. The highest BCUT2D eigenvalue weighted by Crippen LogP contribution is 2.29. The zero-order valence-electron chi connectivity index (χ0n) is 13.5. The minimum absolute atomic E-state index is 0.0241. The molecular formula is C19H15N3O3. The lowest BCUT2D eigenvalue weighted by Crippen LogP contribution is -1.97. The molecule has 4 aromatic rings. The van der Waals surface area contributed by atoms with Gasteiger partial charge in [-0.3, -0.25) is 14.8 Å². The summed E-state index contributed by atoms with van der Waals surface area (Å²) in [4.78, 5) is 10.6. The summed E-state index contributed by atoms with van der Waals surface area (Å²) in [6, 6.07) is 18.9. The van der Waals surface area contributed by atoms with Crippen molar-refractivity contribution in [3.63, 3.8) is 0 Å². The zero-order valence-corrected chi connectivity index (χ0v) is 13.5. The van der Waals surface area contributed by atoms with Crippen LogP contribution in [0.5, 0.6) is 5.88 Å². The van der Waals surface area contributed by atoms with Crippen molar-refractivity contribution in [2.75, 3.05) is 0 Å². The monoisotopic (exact) mass is 333 g/mol. The van der Waals surface area contributed by atoms with Crippen LogP contribution in [0.4, 0.5) is 5.69 Å². The largest absolute Gasteiger partial charge is 0.471 e. The summed E-state index contributed by atoms with van der Waals surface area (Å²) in [6.45, 7) is 0.347. The molecule has 0 unspecified atom stereocenters. The maximum Gasteiger partial charge on any atom is 0.270 e. The molecule has 6 nitrogen and oxygen atoms in total. The highest BCUT2D eigenvalue weighted by Gasteiger charge is 2.15. The van der Waals surface area contributed by atoms with Crippen LogP contribution in [-0.4, -0.2) is 14.7 Å². The third-order valence-electron chi connectivity index (χ3n) is 4.20. The molecule has 0 atom stereocenters. The van der Waals surface area contributed by atoms with E-state index in [1.54, 1.807) is 17.8 Å². The summed E-state index contributed by atoms with van der Waals surface area (Å²) in [5.41, 5.74) is 1.83. The summed E-state index contributed by atoms with van der Waals surface area (Å²) in [5, 5.41) is 18.3. The number of fused-ring (bicyclic) bond motifs is 2. The van der Waals surface area contributed by atoms with Gasteiger partial charge in [-0.25, -0.2) is 0 Å². The number of nitro benzene ring substituents is 1. The van der Waals surface area contributed by atoms with Gasteiger partial charge in [-0.2, -0.15) is 0 Å². The number of non-ortho nitro benzene ring substituents is 1. The quantitative estimate of drug-likeness (QED) is 0.414. The molecule has 6 heteroatoms. The summed E-state index contributed by atoms with van der Waals surface area (Å²) in [6.07, 6.45) is 0. The van der Waals surface area contributed by atoms with Crippen molar-refractivity contribution >= 4 is 27.4 Å². The minimum atomic E-state index is -0.417. The van der Waals surface area contributed by atoms with E-state index in [1.165, 1.54) is 17.5 Å². The fourth-order valence-corrected chi connectivity index (χ4v) is 2.92. The molecule has 0 fully saturated rings. The van der Waals surface area contributed by atoms with Crippen molar-refractivity contribution in [2.45, 2.75) is 6.61 Å². The summed E-state index contributed by atoms with van der Waals surface area (Å²) < 4.78 is 7.52. The normalized spacial score (nSPS) is 11.1. The SMILES string of the molecule is Cn1nc(OCc2ccc3ccccc3c2)c2cc([N+](=O)[O-])ccc21. The van der Waals surface area contributed by atoms with E-state index in [9.17, 15) is 10.1 Å². The molecule has 0 bridgehead atoms. The molecule has 25 heavy (non-hydrogen) atoms. The molecule has 3 aromatic carbocycles. The molecule has 0 saturated carbocycles. The second kappa shape index (κ2) is 5.90. The second-order valence-corrected chi connectivity index (χ2v) is 5.86. The molecule has 0 saturated heterocycles. The van der Waals surface area contributed by atoms with Crippen molar-refractivity contribution < 1.29 is 9.66 Å². The standard InChI is InChI=1S/C19H15N3O3/c1-21-18-9-8-16(22(23)24)11-17(18)19(20-21)25-12-13-6-7-14-4-2-3-5-15(14)10-13/h2-11H,12H2,1H3. The first-order chi connectivity index (χ1) is 12.1. The lowest BCUT2D eigenvalue weighted by molar-refractivity contribution is -0.384. The lowest BCUT2D eigenvalue weighted by Gasteiger charge is -2.05. The van der Waals surface area contributed by atoms with Crippen LogP contribution in [0.2, 0.25) is 0 Å². The molecule has 0 radical (unpaired) electrons. The molecule has 4 rings (SSSR count). The molecular weight excluding hydrogens is 318 g/mol. The van der Waals surface area contributed by atoms with E-state index in [0.29, 0.717) is 17.9 Å². The Morgan fingerprint density at radius 3 is 2.68 bits per heavy atom. The maximum atomic E-state index is 11.0. The van der Waals surface area contributed by atoms with E-state index in [-0.39, 0.29) is 5.69 Å². The van der Waals surface area contributed by atoms with Gasteiger partial charge in [0.05, 0.1) is 15.8 Å². The Balaban J connectivity index is 1.65. The Kier molecular flexibility index (Phi) is 3.57. The Morgan fingerprint density at radius 1 is 1.08 bits per heavy atom. The van der Waals surface area contributed by atoms with Crippen LogP contribution in [0.25, 0.3) is 21.7 Å². The number of hydrogen-bond donors (Lipinski definition) is 0. The first-order valence-electron chi connectivity index (χ1n) is 7.83. The van der Waals surface area contributed by atoms with Crippen LogP contribution in [0.15, 0.2) is 60.7 Å². The van der Waals surface area contributed by atoms with Gasteiger partial charge in [0.1, 0.15) is 6.61 Å². The Hall–Kier alpha value is -3.41. The molecule has 1 heterocycles. The van der Waals surface area contributed by atoms with E-state index >= 15 is 0 Å². The number of nitro groups is 1. The Bertz CT molecular complexity index is 1100. The van der Waals surface area contributed by atoms with Gasteiger partial charge < -0.3 is 4.74 Å². The van der Waals surface area contributed by atoms with Gasteiger partial charge in [-0.05, 0) is 28.5 Å². The molecule has 0 aliphatic rings. The van der Waals surface area contributed by atoms with Gasteiger partial charge in [0.25, 0.3) is 5.69 Å². The predicted molar refractivity (Wildman–Crippen MR) is 95.6 cm³/mol. The molecule has 0 N–H and O–H groups in total. The molecule has 0 amide bonds. The van der Waals surface area contributed by atoms with Gasteiger partial charge in [0, 0.05) is 19.2 Å². The van der Waals surface area contributed by atoms with Crippen molar-refractivity contribution in [2.24, 2.45) is 7.05 Å². The van der Waals surface area contributed by atoms with Crippen molar-refractivity contribution in [3.8, 4) is 5.88 Å². The van der Waals surface area contributed by atoms with Crippen molar-refractivity contribution in [3.05, 3.63) is 76.3 Å². The second-order valence-electron chi connectivity index (χ2n) is 5.86. The number of nitrogens with zero attached hydrogens (tertiary/aromatic N) is 3. The van der Waals surface area contributed by atoms with Crippen LogP contribution in [0.3, 0.4) is 0 Å². The topological polar surface area (TPSA) is 70.2 Å². The fourth-order valence-electron chi connectivity index (χ4n) is 2.92. The van der Waals surface area contributed by atoms with Gasteiger partial charge in [-0.15, -0.1) is 5.10 Å². The van der Waals surface area contributed by atoms with E-state index in [0.717, 1.165) is 16.5 Å². The maximum absolute atomic E-state index is 11.0. The number of hydrogen-bond acceptors (Lipinski definition) is 4. The molecule has 124 valence electrons.